The Morgan fingerprint density at radius 1 is 0.762 bits per heavy atom. The van der Waals surface area contributed by atoms with E-state index in [1.807, 2.05) is 0 Å². The van der Waals surface area contributed by atoms with E-state index in [-0.39, 0.29) is 0 Å². The largest absolute Gasteiger partial charge is 0.391 e. The quantitative estimate of drug-likeness (QED) is 0.493. The van der Waals surface area contributed by atoms with Crippen LogP contribution in [0.25, 0.3) is 0 Å². The Morgan fingerprint density at radius 2 is 1.29 bits per heavy atom. The molecule has 0 saturated heterocycles. The lowest BCUT2D eigenvalue weighted by molar-refractivity contribution is -0.185. The highest BCUT2D eigenvalue weighted by atomic mass is 19.4. The first kappa shape index (κ1) is 17.1. The van der Waals surface area contributed by atoms with Crippen molar-refractivity contribution in [1.82, 2.24) is 0 Å². The van der Waals surface area contributed by atoms with Crippen LogP contribution in [-0.2, 0) is 0 Å². The zero-order valence-electron chi connectivity index (χ0n) is 13.4. The lowest BCUT2D eigenvalue weighted by atomic mass is 9.68. The second-order valence-corrected chi connectivity index (χ2v) is 7.43. The Morgan fingerprint density at radius 3 is 1.76 bits per heavy atom. The summed E-state index contributed by atoms with van der Waals surface area (Å²) in [5.74, 6) is 1.19. The summed E-state index contributed by atoms with van der Waals surface area (Å²) in [6.07, 6.45) is 9.02. The van der Waals surface area contributed by atoms with Gasteiger partial charge in [-0.3, -0.25) is 0 Å². The van der Waals surface area contributed by atoms with E-state index in [1.54, 1.807) is 0 Å². The summed E-state index contributed by atoms with van der Waals surface area (Å²) < 4.78 is 38.1. The molecule has 0 N–H and O–H groups in total. The monoisotopic (exact) mass is 304 g/mol. The molecule has 2 saturated carbocycles. The Kier molecular flexibility index (Phi) is 6.43. The van der Waals surface area contributed by atoms with Crippen molar-refractivity contribution in [3.8, 4) is 0 Å². The molecule has 0 radical (unpaired) electrons. The lowest BCUT2D eigenvalue weighted by Gasteiger charge is -2.38. The average molecular weight is 304 g/mol. The van der Waals surface area contributed by atoms with Crippen molar-refractivity contribution in [2.45, 2.75) is 90.1 Å². The van der Waals surface area contributed by atoms with Crippen LogP contribution in [0.2, 0.25) is 0 Å². The van der Waals surface area contributed by atoms with Crippen LogP contribution in [0.3, 0.4) is 0 Å². The Bertz CT molecular complexity index is 281. The van der Waals surface area contributed by atoms with Crippen LogP contribution < -0.4 is 0 Å². The molecule has 0 aromatic carbocycles. The number of unbranched alkanes of at least 4 members (excludes halogenated alkanes) is 2. The predicted molar refractivity (Wildman–Crippen MR) is 81.1 cm³/mol. The number of alkyl halides is 3. The van der Waals surface area contributed by atoms with Gasteiger partial charge in [-0.2, -0.15) is 13.2 Å². The van der Waals surface area contributed by atoms with Crippen LogP contribution in [0, 0.1) is 23.7 Å². The fraction of sp³-hybridized carbons (Fsp3) is 1.00. The van der Waals surface area contributed by atoms with Gasteiger partial charge in [0, 0.05) is 0 Å². The minimum atomic E-state index is -3.96. The summed E-state index contributed by atoms with van der Waals surface area (Å²) in [6, 6.07) is 0. The smallest absolute Gasteiger partial charge is 0.171 e. The van der Waals surface area contributed by atoms with Gasteiger partial charge in [-0.25, -0.2) is 0 Å². The minimum absolute atomic E-state index is 0.380. The van der Waals surface area contributed by atoms with Gasteiger partial charge in [0.25, 0.3) is 0 Å². The van der Waals surface area contributed by atoms with Gasteiger partial charge in [0.05, 0.1) is 5.92 Å². The summed E-state index contributed by atoms with van der Waals surface area (Å²) in [5.41, 5.74) is 0. The van der Waals surface area contributed by atoms with E-state index in [1.165, 1.54) is 51.4 Å². The van der Waals surface area contributed by atoms with E-state index >= 15 is 0 Å². The second kappa shape index (κ2) is 7.87. The molecule has 0 spiro atoms. The molecule has 0 aliphatic heterocycles. The van der Waals surface area contributed by atoms with Gasteiger partial charge >= 0.3 is 6.18 Å². The zero-order chi connectivity index (χ0) is 15.3. The van der Waals surface area contributed by atoms with Gasteiger partial charge in [-0.15, -0.1) is 0 Å². The van der Waals surface area contributed by atoms with E-state index in [2.05, 4.69) is 6.92 Å². The molecule has 21 heavy (non-hydrogen) atoms. The van der Waals surface area contributed by atoms with Gasteiger partial charge in [-0.05, 0) is 56.3 Å². The normalized spacial score (nSPS) is 34.9. The molecule has 0 unspecified atom stereocenters. The summed E-state index contributed by atoms with van der Waals surface area (Å²) in [6.45, 7) is 2.24. The molecule has 3 heteroatoms. The van der Waals surface area contributed by atoms with Crippen molar-refractivity contribution >= 4 is 0 Å². The van der Waals surface area contributed by atoms with Crippen LogP contribution in [0.4, 0.5) is 13.2 Å². The predicted octanol–water partition coefficient (Wildman–Crippen LogP) is 6.74. The molecule has 2 aliphatic rings. The van der Waals surface area contributed by atoms with Gasteiger partial charge in [0.15, 0.2) is 0 Å². The van der Waals surface area contributed by atoms with Crippen LogP contribution in [0.15, 0.2) is 0 Å². The number of hydrogen-bond donors (Lipinski definition) is 0. The summed E-state index contributed by atoms with van der Waals surface area (Å²) in [4.78, 5) is 0. The molecule has 2 aliphatic carbocycles. The highest BCUT2D eigenvalue weighted by molar-refractivity contribution is 4.83. The molecule has 124 valence electrons. The SMILES string of the molecule is CCCCCC1CCC(C2CCC(C(F)(F)F)CC2)CC1. The van der Waals surface area contributed by atoms with Gasteiger partial charge in [-0.1, -0.05) is 45.4 Å². The van der Waals surface area contributed by atoms with E-state index in [9.17, 15) is 13.2 Å². The molecule has 2 rings (SSSR count). The Hall–Kier alpha value is -0.210. The molecule has 0 heterocycles. The fourth-order valence-electron chi connectivity index (χ4n) is 4.55. The third kappa shape index (κ3) is 5.17. The standard InChI is InChI=1S/C18H31F3/c1-2-3-4-5-14-6-8-15(9-7-14)16-10-12-17(13-11-16)18(19,20)21/h14-17H,2-13H2,1H3. The van der Waals surface area contributed by atoms with Gasteiger partial charge in [0.2, 0.25) is 0 Å². The van der Waals surface area contributed by atoms with Crippen molar-refractivity contribution in [3.05, 3.63) is 0 Å². The summed E-state index contributed by atoms with van der Waals surface area (Å²) in [5, 5.41) is 0. The molecule has 2 fully saturated rings. The molecule has 0 amide bonds. The van der Waals surface area contributed by atoms with Gasteiger partial charge in [0.1, 0.15) is 0 Å². The first-order valence-corrected chi connectivity index (χ1v) is 9.07. The number of rotatable bonds is 5. The molecule has 0 atom stereocenters. The molecule has 0 bridgehead atoms. The maximum atomic E-state index is 12.7. The maximum absolute atomic E-state index is 12.7. The van der Waals surface area contributed by atoms with E-state index in [4.69, 9.17) is 0 Å². The van der Waals surface area contributed by atoms with Crippen LogP contribution >= 0.6 is 0 Å². The van der Waals surface area contributed by atoms with Gasteiger partial charge < -0.3 is 0 Å². The summed E-state index contributed by atoms with van der Waals surface area (Å²) >= 11 is 0. The molecule has 0 aromatic rings. The third-order valence-corrected chi connectivity index (χ3v) is 6.01. The number of hydrogen-bond acceptors (Lipinski definition) is 0. The van der Waals surface area contributed by atoms with E-state index in [0.29, 0.717) is 18.8 Å². The molecule has 0 aromatic heterocycles. The molecular weight excluding hydrogens is 273 g/mol. The summed E-state index contributed by atoms with van der Waals surface area (Å²) in [7, 11) is 0. The molecule has 0 nitrogen and oxygen atoms in total. The molecular formula is C18H31F3. The fourth-order valence-corrected chi connectivity index (χ4v) is 4.55. The average Bonchev–Trinajstić information content (AvgIpc) is 2.48. The second-order valence-electron chi connectivity index (χ2n) is 7.43. The maximum Gasteiger partial charge on any atom is 0.391 e. The van der Waals surface area contributed by atoms with E-state index in [0.717, 1.165) is 24.7 Å². The van der Waals surface area contributed by atoms with Crippen LogP contribution in [-0.4, -0.2) is 6.18 Å². The third-order valence-electron chi connectivity index (χ3n) is 6.01. The number of halogens is 3. The van der Waals surface area contributed by atoms with E-state index < -0.39 is 12.1 Å². The van der Waals surface area contributed by atoms with Crippen LogP contribution in [0.1, 0.15) is 84.0 Å². The first-order chi connectivity index (χ1) is 10.0. The van der Waals surface area contributed by atoms with Crippen molar-refractivity contribution in [3.63, 3.8) is 0 Å². The van der Waals surface area contributed by atoms with Crippen molar-refractivity contribution in [2.75, 3.05) is 0 Å². The van der Waals surface area contributed by atoms with Crippen molar-refractivity contribution in [2.24, 2.45) is 23.7 Å². The van der Waals surface area contributed by atoms with Crippen LogP contribution in [0.5, 0.6) is 0 Å². The highest BCUT2D eigenvalue weighted by Crippen LogP contribution is 2.45. The lowest BCUT2D eigenvalue weighted by Crippen LogP contribution is -2.31. The van der Waals surface area contributed by atoms with Crippen molar-refractivity contribution < 1.29 is 13.2 Å². The topological polar surface area (TPSA) is 0 Å². The first-order valence-electron chi connectivity index (χ1n) is 9.07. The zero-order valence-corrected chi connectivity index (χ0v) is 13.4. The minimum Gasteiger partial charge on any atom is -0.171 e. The Labute approximate surface area is 127 Å². The van der Waals surface area contributed by atoms with Crippen molar-refractivity contribution in [1.29, 1.82) is 0 Å². The highest BCUT2D eigenvalue weighted by Gasteiger charge is 2.42. The Balaban J connectivity index is 1.67.